The third kappa shape index (κ3) is 4.82. The van der Waals surface area contributed by atoms with E-state index in [1.165, 1.54) is 0 Å². The number of carbonyl (C=O) groups is 1. The Hall–Kier alpha value is -2.13. The second-order valence-electron chi connectivity index (χ2n) is 6.48. The molecule has 1 aromatic heterocycles. The molecule has 3 N–H and O–H groups in total. The molecule has 1 aromatic carbocycles. The first-order valence-electron chi connectivity index (χ1n) is 9.23. The van der Waals surface area contributed by atoms with Gasteiger partial charge in [-0.05, 0) is 37.2 Å². The second-order valence-corrected chi connectivity index (χ2v) is 6.92. The van der Waals surface area contributed by atoms with E-state index in [1.807, 2.05) is 0 Å². The number of anilines is 1. The highest BCUT2D eigenvalue weighted by molar-refractivity contribution is 6.30. The Balaban J connectivity index is 1.90. The highest BCUT2D eigenvalue weighted by Crippen LogP contribution is 2.31. The lowest BCUT2D eigenvalue weighted by Gasteiger charge is -2.32. The molecule has 1 fully saturated rings. The predicted octanol–water partition coefficient (Wildman–Crippen LogP) is 2.24. The van der Waals surface area contributed by atoms with E-state index in [-0.39, 0.29) is 12.0 Å². The van der Waals surface area contributed by atoms with Crippen LogP contribution in [0.5, 0.6) is 0 Å². The topological polar surface area (TPSA) is 103 Å². The zero-order valence-electron chi connectivity index (χ0n) is 15.8. The number of amides is 1. The molecule has 0 saturated carbocycles. The fourth-order valence-corrected chi connectivity index (χ4v) is 3.23. The van der Waals surface area contributed by atoms with E-state index in [1.54, 1.807) is 36.3 Å². The normalized spacial score (nSPS) is 17.0. The molecule has 28 heavy (non-hydrogen) atoms. The van der Waals surface area contributed by atoms with Crippen molar-refractivity contribution >= 4 is 23.3 Å². The minimum Gasteiger partial charge on any atom is -0.383 e. The molecular formula is C19H25ClN4O4. The Morgan fingerprint density at radius 3 is 2.93 bits per heavy atom. The number of hydrogen-bond acceptors (Lipinski definition) is 7. The molecule has 0 bridgehead atoms. The third-order valence-electron chi connectivity index (χ3n) is 4.53. The van der Waals surface area contributed by atoms with Crippen LogP contribution in [-0.2, 0) is 9.47 Å². The molecule has 152 valence electrons. The zero-order valence-corrected chi connectivity index (χ0v) is 16.6. The number of morpholine rings is 1. The van der Waals surface area contributed by atoms with Crippen molar-refractivity contribution in [2.24, 2.45) is 5.73 Å². The van der Waals surface area contributed by atoms with Crippen LogP contribution in [0.4, 0.5) is 5.82 Å². The van der Waals surface area contributed by atoms with Crippen LogP contribution in [0.1, 0.15) is 16.8 Å². The van der Waals surface area contributed by atoms with Gasteiger partial charge in [0.25, 0.3) is 5.91 Å². The smallest absolute Gasteiger partial charge is 0.261 e. The van der Waals surface area contributed by atoms with Gasteiger partial charge in [0.15, 0.2) is 11.6 Å². The fraction of sp³-hybridized carbons (Fsp3) is 0.474. The van der Waals surface area contributed by atoms with Gasteiger partial charge in [-0.2, -0.15) is 0 Å². The van der Waals surface area contributed by atoms with Crippen molar-refractivity contribution in [3.05, 3.63) is 34.9 Å². The monoisotopic (exact) mass is 408 g/mol. The number of carbonyl (C=O) groups excluding carboxylic acids is 1. The minimum absolute atomic E-state index is 0.0635. The van der Waals surface area contributed by atoms with Gasteiger partial charge in [0.05, 0.1) is 19.3 Å². The van der Waals surface area contributed by atoms with Crippen molar-refractivity contribution in [3.8, 4) is 11.3 Å². The molecule has 2 heterocycles. The molecule has 0 aliphatic carbocycles. The van der Waals surface area contributed by atoms with Crippen LogP contribution in [0, 0.1) is 0 Å². The Kier molecular flexibility index (Phi) is 7.27. The molecule has 1 atom stereocenters. The van der Waals surface area contributed by atoms with E-state index in [2.05, 4.69) is 10.5 Å². The SMILES string of the molecule is COCCNc1noc(-c2ccc(Cl)cc2)c1C(=O)N1CCOC(CCN)C1. The summed E-state index contributed by atoms with van der Waals surface area (Å²) in [5.41, 5.74) is 6.76. The van der Waals surface area contributed by atoms with Gasteiger partial charge in [-0.3, -0.25) is 4.79 Å². The quantitative estimate of drug-likeness (QED) is 0.645. The van der Waals surface area contributed by atoms with E-state index in [0.29, 0.717) is 68.0 Å². The summed E-state index contributed by atoms with van der Waals surface area (Å²) in [4.78, 5) is 15.1. The number of rotatable bonds is 8. The maximum atomic E-state index is 13.4. The lowest BCUT2D eigenvalue weighted by atomic mass is 10.1. The second kappa shape index (κ2) is 9.88. The largest absolute Gasteiger partial charge is 0.383 e. The molecular weight excluding hydrogens is 384 g/mol. The van der Waals surface area contributed by atoms with Crippen LogP contribution in [0.2, 0.25) is 5.02 Å². The Labute approximate surface area is 168 Å². The van der Waals surface area contributed by atoms with Gasteiger partial charge in [0.2, 0.25) is 0 Å². The molecule has 0 radical (unpaired) electrons. The van der Waals surface area contributed by atoms with Gasteiger partial charge in [-0.15, -0.1) is 0 Å². The molecule has 9 heteroatoms. The van der Waals surface area contributed by atoms with Crippen LogP contribution >= 0.6 is 11.6 Å². The third-order valence-corrected chi connectivity index (χ3v) is 4.78. The number of halogens is 1. The Bertz CT molecular complexity index is 779. The van der Waals surface area contributed by atoms with Crippen molar-refractivity contribution in [1.82, 2.24) is 10.1 Å². The summed E-state index contributed by atoms with van der Waals surface area (Å²) in [6.45, 7) is 2.96. The number of nitrogens with two attached hydrogens (primary N) is 1. The highest BCUT2D eigenvalue weighted by atomic mass is 35.5. The number of benzene rings is 1. The van der Waals surface area contributed by atoms with Crippen molar-refractivity contribution in [1.29, 1.82) is 0 Å². The summed E-state index contributed by atoms with van der Waals surface area (Å²) >= 11 is 5.99. The Morgan fingerprint density at radius 1 is 1.43 bits per heavy atom. The van der Waals surface area contributed by atoms with Crippen LogP contribution in [-0.4, -0.2) is 68.6 Å². The molecule has 1 aliphatic rings. The van der Waals surface area contributed by atoms with Crippen molar-refractivity contribution in [3.63, 3.8) is 0 Å². The van der Waals surface area contributed by atoms with Crippen LogP contribution in [0.3, 0.4) is 0 Å². The van der Waals surface area contributed by atoms with Gasteiger partial charge in [0.1, 0.15) is 5.56 Å². The average Bonchev–Trinajstić information content (AvgIpc) is 3.12. The highest BCUT2D eigenvalue weighted by Gasteiger charge is 2.31. The van der Waals surface area contributed by atoms with E-state index < -0.39 is 0 Å². The molecule has 1 saturated heterocycles. The van der Waals surface area contributed by atoms with Gasteiger partial charge < -0.3 is 29.9 Å². The number of nitrogens with zero attached hydrogens (tertiary/aromatic N) is 2. The number of hydrogen-bond donors (Lipinski definition) is 2. The van der Waals surface area contributed by atoms with Crippen LogP contribution in [0.15, 0.2) is 28.8 Å². The van der Waals surface area contributed by atoms with Gasteiger partial charge in [-0.25, -0.2) is 0 Å². The molecule has 8 nitrogen and oxygen atoms in total. The minimum atomic E-state index is -0.156. The molecule has 2 aromatic rings. The number of methoxy groups -OCH3 is 1. The van der Waals surface area contributed by atoms with Crippen LogP contribution < -0.4 is 11.1 Å². The maximum Gasteiger partial charge on any atom is 0.261 e. The first-order valence-corrected chi connectivity index (χ1v) is 9.61. The number of aromatic nitrogens is 1. The lowest BCUT2D eigenvalue weighted by molar-refractivity contribution is -0.0236. The standard InChI is InChI=1S/C19H25ClN4O4/c1-26-10-8-22-18-16(17(28-23-18)13-2-4-14(20)5-3-13)19(25)24-9-11-27-15(12-24)6-7-21/h2-5,15H,6-12,21H2,1H3,(H,22,23). The predicted molar refractivity (Wildman–Crippen MR) is 107 cm³/mol. The Morgan fingerprint density at radius 2 is 2.21 bits per heavy atom. The van der Waals surface area contributed by atoms with E-state index in [9.17, 15) is 4.79 Å². The van der Waals surface area contributed by atoms with Crippen LogP contribution in [0.25, 0.3) is 11.3 Å². The van der Waals surface area contributed by atoms with E-state index in [0.717, 1.165) is 5.56 Å². The lowest BCUT2D eigenvalue weighted by Crippen LogP contribution is -2.46. The summed E-state index contributed by atoms with van der Waals surface area (Å²) in [7, 11) is 1.61. The summed E-state index contributed by atoms with van der Waals surface area (Å²) in [6.07, 6.45) is 0.641. The average molecular weight is 409 g/mol. The summed E-state index contributed by atoms with van der Waals surface area (Å²) in [6, 6.07) is 7.10. The molecule has 1 aliphatic heterocycles. The van der Waals surface area contributed by atoms with Gasteiger partial charge >= 0.3 is 0 Å². The molecule has 3 rings (SSSR count). The van der Waals surface area contributed by atoms with Gasteiger partial charge in [-0.1, -0.05) is 16.8 Å². The van der Waals surface area contributed by atoms with E-state index in [4.69, 9.17) is 31.3 Å². The number of nitrogens with one attached hydrogen (secondary N) is 1. The first kappa shape index (κ1) is 20.6. The maximum absolute atomic E-state index is 13.4. The summed E-state index contributed by atoms with van der Waals surface area (Å²) in [5.74, 6) is 0.647. The summed E-state index contributed by atoms with van der Waals surface area (Å²) in [5, 5.41) is 7.81. The van der Waals surface area contributed by atoms with Crippen molar-refractivity contribution in [2.75, 3.05) is 51.8 Å². The molecule has 0 spiro atoms. The zero-order chi connectivity index (χ0) is 19.9. The molecule has 1 unspecified atom stereocenters. The van der Waals surface area contributed by atoms with E-state index >= 15 is 0 Å². The molecule has 1 amide bonds. The first-order chi connectivity index (χ1) is 13.6. The van der Waals surface area contributed by atoms with Crippen molar-refractivity contribution < 1.29 is 18.8 Å². The van der Waals surface area contributed by atoms with Crippen molar-refractivity contribution in [2.45, 2.75) is 12.5 Å². The summed E-state index contributed by atoms with van der Waals surface area (Å²) < 4.78 is 16.3. The van der Waals surface area contributed by atoms with Gasteiger partial charge in [0, 0.05) is 37.3 Å². The fourth-order valence-electron chi connectivity index (χ4n) is 3.10. The number of ether oxygens (including phenoxy) is 2.